The molecule has 2 heterocycles. The van der Waals surface area contributed by atoms with Crippen LogP contribution in [0.25, 0.3) is 5.76 Å². The van der Waals surface area contributed by atoms with E-state index in [1.807, 2.05) is 32.0 Å². The second-order valence-corrected chi connectivity index (χ2v) is 7.49. The Hall–Kier alpha value is -3.93. The number of nitrogens with zero attached hydrogens (tertiary/aromatic N) is 2. The minimum absolute atomic E-state index is 0.00229. The SMILES string of the molecule is COc1ccc(C)cc1/C(O)=C1\C(=O)C(=O)N(c2ccc(C)cc2)C1c1cccnc1. The van der Waals surface area contributed by atoms with E-state index in [1.165, 1.54) is 12.0 Å². The van der Waals surface area contributed by atoms with Gasteiger partial charge in [0.25, 0.3) is 11.7 Å². The summed E-state index contributed by atoms with van der Waals surface area (Å²) >= 11 is 0. The largest absolute Gasteiger partial charge is 0.507 e. The molecule has 0 aliphatic carbocycles. The number of pyridine rings is 1. The first-order valence-electron chi connectivity index (χ1n) is 9.85. The van der Waals surface area contributed by atoms with E-state index in [0.29, 0.717) is 22.6 Å². The van der Waals surface area contributed by atoms with Gasteiger partial charge in [0.1, 0.15) is 11.5 Å². The molecule has 1 unspecified atom stereocenters. The van der Waals surface area contributed by atoms with Crippen LogP contribution in [0.5, 0.6) is 5.75 Å². The van der Waals surface area contributed by atoms with Crippen molar-refractivity contribution in [1.82, 2.24) is 4.98 Å². The van der Waals surface area contributed by atoms with E-state index in [-0.39, 0.29) is 11.3 Å². The molecule has 31 heavy (non-hydrogen) atoms. The molecule has 1 saturated heterocycles. The summed E-state index contributed by atoms with van der Waals surface area (Å²) in [5.41, 5.74) is 3.46. The van der Waals surface area contributed by atoms with Crippen LogP contribution in [0.4, 0.5) is 5.69 Å². The summed E-state index contributed by atoms with van der Waals surface area (Å²) in [5.74, 6) is -1.32. The summed E-state index contributed by atoms with van der Waals surface area (Å²) in [7, 11) is 1.49. The van der Waals surface area contributed by atoms with Crippen LogP contribution >= 0.6 is 0 Å². The Morgan fingerprint density at radius 2 is 1.74 bits per heavy atom. The second-order valence-electron chi connectivity index (χ2n) is 7.49. The van der Waals surface area contributed by atoms with E-state index in [4.69, 9.17) is 4.74 Å². The van der Waals surface area contributed by atoms with Crippen LogP contribution in [0.3, 0.4) is 0 Å². The predicted octanol–water partition coefficient (Wildman–Crippen LogP) is 4.33. The Balaban J connectivity index is 1.97. The number of carbonyl (C=O) groups is 2. The van der Waals surface area contributed by atoms with Crippen molar-refractivity contribution in [2.75, 3.05) is 12.0 Å². The van der Waals surface area contributed by atoms with E-state index in [0.717, 1.165) is 11.1 Å². The summed E-state index contributed by atoms with van der Waals surface area (Å²) in [6.45, 7) is 3.82. The van der Waals surface area contributed by atoms with Crippen LogP contribution in [0.1, 0.15) is 28.3 Å². The number of rotatable bonds is 4. The fourth-order valence-corrected chi connectivity index (χ4v) is 3.81. The molecule has 1 atom stereocenters. The number of benzene rings is 2. The minimum atomic E-state index is -0.818. The lowest BCUT2D eigenvalue weighted by Gasteiger charge is -2.25. The molecule has 4 rings (SSSR count). The molecule has 156 valence electrons. The van der Waals surface area contributed by atoms with Crippen molar-refractivity contribution in [3.8, 4) is 5.75 Å². The third kappa shape index (κ3) is 3.57. The minimum Gasteiger partial charge on any atom is -0.507 e. The fourth-order valence-electron chi connectivity index (χ4n) is 3.81. The fraction of sp³-hybridized carbons (Fsp3) is 0.160. The normalized spacial score (nSPS) is 17.8. The van der Waals surface area contributed by atoms with Crippen molar-refractivity contribution < 1.29 is 19.4 Å². The highest BCUT2D eigenvalue weighted by atomic mass is 16.5. The molecular weight excluding hydrogens is 392 g/mol. The van der Waals surface area contributed by atoms with Crippen LogP contribution < -0.4 is 9.64 Å². The van der Waals surface area contributed by atoms with Crippen LogP contribution in [0.2, 0.25) is 0 Å². The molecule has 0 bridgehead atoms. The highest BCUT2D eigenvalue weighted by Gasteiger charge is 2.47. The Bertz CT molecular complexity index is 1180. The van der Waals surface area contributed by atoms with Gasteiger partial charge in [-0.1, -0.05) is 35.4 Å². The molecule has 6 nitrogen and oxygen atoms in total. The predicted molar refractivity (Wildman–Crippen MR) is 118 cm³/mol. The number of aliphatic hydroxyl groups is 1. The number of ketones is 1. The molecule has 1 fully saturated rings. The standard InChI is InChI=1S/C25H22N2O4/c1-15-6-9-18(10-7-15)27-22(17-5-4-12-26-14-17)21(24(29)25(27)30)23(28)19-13-16(2)8-11-20(19)31-3/h4-14,22,28H,1-3H3/b23-21+. The van der Waals surface area contributed by atoms with Gasteiger partial charge in [0.05, 0.1) is 24.3 Å². The number of ether oxygens (including phenoxy) is 1. The van der Waals surface area contributed by atoms with Gasteiger partial charge >= 0.3 is 0 Å². The van der Waals surface area contributed by atoms with Crippen molar-refractivity contribution in [1.29, 1.82) is 0 Å². The summed E-state index contributed by atoms with van der Waals surface area (Å²) in [5, 5.41) is 11.3. The Labute approximate surface area is 180 Å². The van der Waals surface area contributed by atoms with E-state index >= 15 is 0 Å². The highest BCUT2D eigenvalue weighted by Crippen LogP contribution is 2.43. The monoisotopic (exact) mass is 414 g/mol. The molecule has 1 aliphatic heterocycles. The summed E-state index contributed by atoms with van der Waals surface area (Å²) in [6.07, 6.45) is 3.21. The molecule has 6 heteroatoms. The Morgan fingerprint density at radius 3 is 2.39 bits per heavy atom. The quantitative estimate of drug-likeness (QED) is 0.390. The highest BCUT2D eigenvalue weighted by molar-refractivity contribution is 6.51. The average Bonchev–Trinajstić information content (AvgIpc) is 3.05. The van der Waals surface area contributed by atoms with E-state index in [1.54, 1.807) is 48.8 Å². The third-order valence-electron chi connectivity index (χ3n) is 5.37. The number of amides is 1. The molecule has 2 aromatic carbocycles. The zero-order valence-electron chi connectivity index (χ0n) is 17.5. The lowest BCUT2D eigenvalue weighted by molar-refractivity contribution is -0.132. The first-order chi connectivity index (χ1) is 14.9. The number of aromatic nitrogens is 1. The third-order valence-corrected chi connectivity index (χ3v) is 5.37. The number of Topliss-reactive ketones (excluding diaryl/α,β-unsaturated/α-hetero) is 1. The molecule has 1 aromatic heterocycles. The average molecular weight is 414 g/mol. The van der Waals surface area contributed by atoms with Crippen LogP contribution in [0, 0.1) is 13.8 Å². The van der Waals surface area contributed by atoms with Crippen LogP contribution in [-0.4, -0.2) is 28.9 Å². The number of carbonyl (C=O) groups excluding carboxylic acids is 2. The van der Waals surface area contributed by atoms with Crippen LogP contribution in [-0.2, 0) is 9.59 Å². The maximum atomic E-state index is 13.2. The topological polar surface area (TPSA) is 79.7 Å². The molecule has 0 radical (unpaired) electrons. The van der Waals surface area contributed by atoms with Gasteiger partial charge in [-0.25, -0.2) is 0 Å². The van der Waals surface area contributed by atoms with Crippen molar-refractivity contribution in [2.45, 2.75) is 19.9 Å². The Kier molecular flexibility index (Phi) is 5.29. The number of aryl methyl sites for hydroxylation is 2. The zero-order chi connectivity index (χ0) is 22.1. The van der Waals surface area contributed by atoms with Gasteiger partial charge in [0.2, 0.25) is 0 Å². The van der Waals surface area contributed by atoms with Gasteiger partial charge in [0.15, 0.2) is 0 Å². The molecule has 0 saturated carbocycles. The van der Waals surface area contributed by atoms with Crippen molar-refractivity contribution in [2.24, 2.45) is 0 Å². The first-order valence-corrected chi connectivity index (χ1v) is 9.85. The van der Waals surface area contributed by atoms with Crippen molar-refractivity contribution >= 4 is 23.1 Å². The number of hydrogen-bond acceptors (Lipinski definition) is 5. The number of methoxy groups -OCH3 is 1. The molecule has 1 aliphatic rings. The number of anilines is 1. The second kappa shape index (κ2) is 8.07. The summed E-state index contributed by atoms with van der Waals surface area (Å²) in [4.78, 5) is 31.9. The molecule has 3 aromatic rings. The van der Waals surface area contributed by atoms with Crippen molar-refractivity contribution in [3.63, 3.8) is 0 Å². The maximum Gasteiger partial charge on any atom is 0.300 e. The Morgan fingerprint density at radius 1 is 1.03 bits per heavy atom. The van der Waals surface area contributed by atoms with E-state index < -0.39 is 17.7 Å². The van der Waals surface area contributed by atoms with Gasteiger partial charge < -0.3 is 9.84 Å². The number of hydrogen-bond donors (Lipinski definition) is 1. The van der Waals surface area contributed by atoms with Gasteiger partial charge in [0, 0.05) is 18.1 Å². The van der Waals surface area contributed by atoms with Crippen LogP contribution in [0.15, 0.2) is 72.6 Å². The smallest absolute Gasteiger partial charge is 0.300 e. The molecule has 1 N–H and O–H groups in total. The van der Waals surface area contributed by atoms with E-state index in [2.05, 4.69) is 4.98 Å². The van der Waals surface area contributed by atoms with Gasteiger partial charge in [-0.2, -0.15) is 0 Å². The van der Waals surface area contributed by atoms with Gasteiger partial charge in [-0.05, 0) is 49.7 Å². The molecule has 0 spiro atoms. The summed E-state index contributed by atoms with van der Waals surface area (Å²) in [6, 6.07) is 15.3. The zero-order valence-corrected chi connectivity index (χ0v) is 17.5. The lowest BCUT2D eigenvalue weighted by atomic mass is 9.95. The molecular formula is C25H22N2O4. The maximum absolute atomic E-state index is 13.2. The van der Waals surface area contributed by atoms with Crippen molar-refractivity contribution in [3.05, 3.63) is 94.8 Å². The first kappa shape index (κ1) is 20.3. The van der Waals surface area contributed by atoms with E-state index in [9.17, 15) is 14.7 Å². The van der Waals surface area contributed by atoms with Gasteiger partial charge in [-0.3, -0.25) is 19.5 Å². The lowest BCUT2D eigenvalue weighted by Crippen LogP contribution is -2.29. The van der Waals surface area contributed by atoms with Gasteiger partial charge in [-0.15, -0.1) is 0 Å². The molecule has 1 amide bonds. The summed E-state index contributed by atoms with van der Waals surface area (Å²) < 4.78 is 5.39. The number of aliphatic hydroxyl groups excluding tert-OH is 1.